The molecule has 2 N–H and O–H groups in total. The maximum atomic E-state index is 13.4. The van der Waals surface area contributed by atoms with E-state index >= 15 is 0 Å². The minimum absolute atomic E-state index is 0.228. The van der Waals surface area contributed by atoms with Gasteiger partial charge in [0.2, 0.25) is 5.91 Å². The fourth-order valence-corrected chi connectivity index (χ4v) is 4.35. The van der Waals surface area contributed by atoms with Crippen LogP contribution in [-0.4, -0.2) is 23.3 Å². The number of nitrogens with zero attached hydrogens (tertiary/aromatic N) is 1. The fraction of sp³-hybridized carbons (Fsp3) is 0.200. The molecule has 5 nitrogen and oxygen atoms in total. The van der Waals surface area contributed by atoms with Crippen molar-refractivity contribution < 1.29 is 9.59 Å². The van der Waals surface area contributed by atoms with Crippen LogP contribution in [0.5, 0.6) is 0 Å². The molecule has 3 aromatic rings. The van der Waals surface area contributed by atoms with Gasteiger partial charge in [0.15, 0.2) is 5.54 Å². The standard InChI is InChI=1S/C20H17N3O2/c1-12(24)23-17-9-5-3-7-15(17)20(19(23)25)18-14(10-11-21-20)13-6-2-4-8-16(13)22-18/h2-9,21-22H,10-11H2,1H3. The lowest BCUT2D eigenvalue weighted by Gasteiger charge is -2.33. The topological polar surface area (TPSA) is 65.2 Å². The van der Waals surface area contributed by atoms with E-state index in [4.69, 9.17) is 0 Å². The molecule has 0 saturated heterocycles. The number of aromatic nitrogens is 1. The molecule has 0 bridgehead atoms. The number of aromatic amines is 1. The number of fused-ring (bicyclic) bond motifs is 6. The van der Waals surface area contributed by atoms with Crippen LogP contribution in [0.3, 0.4) is 0 Å². The Morgan fingerprint density at radius 2 is 1.88 bits per heavy atom. The summed E-state index contributed by atoms with van der Waals surface area (Å²) in [5, 5.41) is 4.57. The number of nitrogens with one attached hydrogen (secondary N) is 2. The van der Waals surface area contributed by atoms with Gasteiger partial charge in [0.25, 0.3) is 5.91 Å². The van der Waals surface area contributed by atoms with Crippen LogP contribution in [-0.2, 0) is 21.5 Å². The van der Waals surface area contributed by atoms with Gasteiger partial charge in [-0.05, 0) is 24.1 Å². The molecule has 2 aliphatic rings. The maximum Gasteiger partial charge on any atom is 0.264 e. The van der Waals surface area contributed by atoms with E-state index in [-0.39, 0.29) is 11.8 Å². The summed E-state index contributed by atoms with van der Waals surface area (Å²) in [7, 11) is 0. The zero-order chi connectivity index (χ0) is 17.2. The molecule has 0 radical (unpaired) electrons. The number of carbonyl (C=O) groups is 2. The zero-order valence-electron chi connectivity index (χ0n) is 13.8. The van der Waals surface area contributed by atoms with Crippen LogP contribution in [0.15, 0.2) is 48.5 Å². The van der Waals surface area contributed by atoms with Gasteiger partial charge in [-0.3, -0.25) is 14.9 Å². The summed E-state index contributed by atoms with van der Waals surface area (Å²) in [6.07, 6.45) is 0.844. The van der Waals surface area contributed by atoms with Crippen molar-refractivity contribution in [3.8, 4) is 0 Å². The van der Waals surface area contributed by atoms with Gasteiger partial charge in [-0.25, -0.2) is 4.90 Å². The second kappa shape index (κ2) is 4.80. The summed E-state index contributed by atoms with van der Waals surface area (Å²) in [5.41, 5.74) is 3.52. The second-order valence-electron chi connectivity index (χ2n) is 6.63. The Balaban J connectivity index is 1.86. The van der Waals surface area contributed by atoms with Crippen molar-refractivity contribution in [2.24, 2.45) is 0 Å². The van der Waals surface area contributed by atoms with Gasteiger partial charge >= 0.3 is 0 Å². The van der Waals surface area contributed by atoms with Gasteiger partial charge < -0.3 is 4.98 Å². The van der Waals surface area contributed by atoms with E-state index in [2.05, 4.69) is 16.4 Å². The lowest BCUT2D eigenvalue weighted by Crippen LogP contribution is -2.55. The number of rotatable bonds is 0. The molecule has 2 amide bonds. The number of hydrogen-bond donors (Lipinski definition) is 2. The van der Waals surface area contributed by atoms with Crippen LogP contribution in [0.4, 0.5) is 5.69 Å². The average Bonchev–Trinajstić information content (AvgIpc) is 3.11. The molecule has 124 valence electrons. The van der Waals surface area contributed by atoms with Gasteiger partial charge in [0.05, 0.1) is 11.4 Å². The van der Waals surface area contributed by atoms with E-state index in [0.29, 0.717) is 12.2 Å². The van der Waals surface area contributed by atoms with E-state index in [1.807, 2.05) is 42.5 Å². The Labute approximate surface area is 144 Å². The molecule has 2 aromatic carbocycles. The summed E-state index contributed by atoms with van der Waals surface area (Å²) >= 11 is 0. The van der Waals surface area contributed by atoms with Gasteiger partial charge in [-0.2, -0.15) is 0 Å². The molecule has 2 aliphatic heterocycles. The van der Waals surface area contributed by atoms with Crippen LogP contribution in [0.2, 0.25) is 0 Å². The zero-order valence-corrected chi connectivity index (χ0v) is 13.8. The molecule has 0 saturated carbocycles. The average molecular weight is 331 g/mol. The summed E-state index contributed by atoms with van der Waals surface area (Å²) in [4.78, 5) is 30.4. The number of para-hydroxylation sites is 2. The Morgan fingerprint density at radius 1 is 1.12 bits per heavy atom. The fourth-order valence-electron chi connectivity index (χ4n) is 4.35. The highest BCUT2D eigenvalue weighted by atomic mass is 16.2. The van der Waals surface area contributed by atoms with Crippen LogP contribution >= 0.6 is 0 Å². The van der Waals surface area contributed by atoms with Crippen molar-refractivity contribution in [3.63, 3.8) is 0 Å². The third-order valence-electron chi connectivity index (χ3n) is 5.34. The van der Waals surface area contributed by atoms with Crippen LogP contribution in [0.1, 0.15) is 23.7 Å². The molecular formula is C20H17N3O2. The number of benzene rings is 2. The molecule has 1 spiro atoms. The van der Waals surface area contributed by atoms with Gasteiger partial charge in [0.1, 0.15) is 0 Å². The van der Waals surface area contributed by atoms with Crippen molar-refractivity contribution in [3.05, 3.63) is 65.4 Å². The summed E-state index contributed by atoms with van der Waals surface area (Å²) in [6, 6.07) is 15.6. The monoisotopic (exact) mass is 331 g/mol. The highest BCUT2D eigenvalue weighted by molar-refractivity contribution is 6.23. The van der Waals surface area contributed by atoms with E-state index in [0.717, 1.165) is 34.1 Å². The van der Waals surface area contributed by atoms with Crippen LogP contribution in [0.25, 0.3) is 10.9 Å². The Hall–Kier alpha value is -2.92. The van der Waals surface area contributed by atoms with Crippen LogP contribution < -0.4 is 10.2 Å². The number of hydrogen-bond acceptors (Lipinski definition) is 3. The van der Waals surface area contributed by atoms with Gasteiger partial charge in [-0.15, -0.1) is 0 Å². The predicted octanol–water partition coefficient (Wildman–Crippen LogP) is 2.45. The normalized spacial score (nSPS) is 21.6. The lowest BCUT2D eigenvalue weighted by atomic mass is 9.82. The molecule has 0 aliphatic carbocycles. The number of imide groups is 1. The summed E-state index contributed by atoms with van der Waals surface area (Å²) < 4.78 is 0. The van der Waals surface area contributed by atoms with Crippen LogP contribution in [0, 0.1) is 0 Å². The summed E-state index contributed by atoms with van der Waals surface area (Å²) in [5.74, 6) is -0.493. The largest absolute Gasteiger partial charge is 0.356 e. The number of amides is 2. The smallest absolute Gasteiger partial charge is 0.264 e. The van der Waals surface area contributed by atoms with Crippen molar-refractivity contribution >= 4 is 28.4 Å². The first-order valence-electron chi connectivity index (χ1n) is 8.44. The SMILES string of the molecule is CC(=O)N1C(=O)C2(NCCc3c2[nH]c2ccccc32)c2ccccc21. The highest BCUT2D eigenvalue weighted by Crippen LogP contribution is 2.47. The maximum absolute atomic E-state index is 13.4. The third-order valence-corrected chi connectivity index (χ3v) is 5.34. The lowest BCUT2D eigenvalue weighted by molar-refractivity contribution is -0.128. The molecule has 5 heteroatoms. The number of anilines is 1. The number of H-pyrrole nitrogens is 1. The van der Waals surface area contributed by atoms with Crippen molar-refractivity contribution in [2.45, 2.75) is 18.9 Å². The first-order valence-corrected chi connectivity index (χ1v) is 8.44. The predicted molar refractivity (Wildman–Crippen MR) is 95.4 cm³/mol. The molecule has 25 heavy (non-hydrogen) atoms. The van der Waals surface area contributed by atoms with Gasteiger partial charge in [-0.1, -0.05) is 36.4 Å². The molecule has 1 atom stereocenters. The Morgan fingerprint density at radius 3 is 2.72 bits per heavy atom. The van der Waals surface area contributed by atoms with Crippen molar-refractivity contribution in [1.82, 2.24) is 10.3 Å². The number of carbonyl (C=O) groups excluding carboxylic acids is 2. The molecule has 3 heterocycles. The first kappa shape index (κ1) is 14.4. The van der Waals surface area contributed by atoms with E-state index in [9.17, 15) is 9.59 Å². The molecule has 1 aromatic heterocycles. The van der Waals surface area contributed by atoms with E-state index < -0.39 is 5.54 Å². The Bertz CT molecular complexity index is 1050. The minimum atomic E-state index is -1.02. The van der Waals surface area contributed by atoms with Crippen molar-refractivity contribution in [1.29, 1.82) is 0 Å². The molecule has 0 fully saturated rings. The first-order chi connectivity index (χ1) is 12.1. The third kappa shape index (κ3) is 1.66. The minimum Gasteiger partial charge on any atom is -0.356 e. The Kier molecular flexibility index (Phi) is 2.77. The molecular weight excluding hydrogens is 314 g/mol. The summed E-state index contributed by atoms with van der Waals surface area (Å²) in [6.45, 7) is 2.11. The van der Waals surface area contributed by atoms with E-state index in [1.54, 1.807) is 0 Å². The van der Waals surface area contributed by atoms with Crippen molar-refractivity contribution in [2.75, 3.05) is 11.4 Å². The van der Waals surface area contributed by atoms with Gasteiger partial charge in [0, 0.05) is 29.9 Å². The quantitative estimate of drug-likeness (QED) is 0.665. The molecule has 5 rings (SSSR count). The second-order valence-corrected chi connectivity index (χ2v) is 6.63. The van der Waals surface area contributed by atoms with E-state index in [1.165, 1.54) is 11.8 Å². The highest BCUT2D eigenvalue weighted by Gasteiger charge is 2.56. The molecule has 1 unspecified atom stereocenters.